The van der Waals surface area contributed by atoms with E-state index in [1.165, 1.54) is 11.1 Å². The molecule has 4 aromatic rings. The van der Waals surface area contributed by atoms with Crippen LogP contribution in [-0.4, -0.2) is 15.2 Å². The highest BCUT2D eigenvalue weighted by molar-refractivity contribution is 6.30. The third-order valence-corrected chi connectivity index (χ3v) is 4.29. The van der Waals surface area contributed by atoms with Gasteiger partial charge in [-0.05, 0) is 66.1 Å². The second-order valence-corrected chi connectivity index (χ2v) is 6.32. The van der Waals surface area contributed by atoms with Gasteiger partial charge in [-0.2, -0.15) is 5.10 Å². The normalized spacial score (nSPS) is 11.4. The summed E-state index contributed by atoms with van der Waals surface area (Å²) in [7, 11) is 0. The summed E-state index contributed by atoms with van der Waals surface area (Å²) in [5, 5.41) is 9.34. The Morgan fingerprint density at radius 3 is 2.68 bits per heavy atom. The molecule has 3 nitrogen and oxygen atoms in total. The molecule has 0 spiro atoms. The summed E-state index contributed by atoms with van der Waals surface area (Å²) >= 11 is 6.08. The maximum absolute atomic E-state index is 6.08. The third-order valence-electron chi connectivity index (χ3n) is 4.05. The SMILES string of the molecule is Clc1cccc(Cc2ccc3n[nH]c(C=Cc4ccccn4)c3c2)c1. The highest BCUT2D eigenvalue weighted by Gasteiger charge is 2.05. The molecule has 0 radical (unpaired) electrons. The standard InChI is InChI=1S/C21H16ClN3/c22-17-5-3-4-15(13-17)12-16-7-9-20-19(14-16)21(25-24-20)10-8-18-6-1-2-11-23-18/h1-11,13-14H,12H2,(H,24,25). The first-order chi connectivity index (χ1) is 12.3. The van der Waals surface area contributed by atoms with Crippen LogP contribution < -0.4 is 0 Å². The molecular weight excluding hydrogens is 330 g/mol. The van der Waals surface area contributed by atoms with Crippen molar-refractivity contribution >= 4 is 34.7 Å². The first-order valence-corrected chi connectivity index (χ1v) is 8.46. The van der Waals surface area contributed by atoms with E-state index in [0.717, 1.165) is 33.7 Å². The van der Waals surface area contributed by atoms with Crippen molar-refractivity contribution in [1.29, 1.82) is 0 Å². The number of pyridine rings is 1. The van der Waals surface area contributed by atoms with E-state index in [9.17, 15) is 0 Å². The molecule has 122 valence electrons. The number of fused-ring (bicyclic) bond motifs is 1. The van der Waals surface area contributed by atoms with Gasteiger partial charge in [0, 0.05) is 16.6 Å². The summed E-state index contributed by atoms with van der Waals surface area (Å²) in [5.74, 6) is 0. The monoisotopic (exact) mass is 345 g/mol. The zero-order valence-corrected chi connectivity index (χ0v) is 14.2. The topological polar surface area (TPSA) is 41.6 Å². The van der Waals surface area contributed by atoms with Crippen molar-refractivity contribution < 1.29 is 0 Å². The summed E-state index contributed by atoms with van der Waals surface area (Å²) in [6, 6.07) is 20.2. The fourth-order valence-electron chi connectivity index (χ4n) is 2.84. The average Bonchev–Trinajstić information content (AvgIpc) is 3.03. The van der Waals surface area contributed by atoms with E-state index in [1.54, 1.807) is 6.20 Å². The Morgan fingerprint density at radius 2 is 1.84 bits per heavy atom. The summed E-state index contributed by atoms with van der Waals surface area (Å²) in [6.07, 6.45) is 6.62. The van der Waals surface area contributed by atoms with Gasteiger partial charge in [0.05, 0.1) is 16.9 Å². The molecule has 0 fully saturated rings. The fourth-order valence-corrected chi connectivity index (χ4v) is 3.05. The van der Waals surface area contributed by atoms with Crippen LogP contribution in [0.2, 0.25) is 5.02 Å². The van der Waals surface area contributed by atoms with E-state index >= 15 is 0 Å². The maximum atomic E-state index is 6.08. The average molecular weight is 346 g/mol. The molecule has 0 saturated carbocycles. The first kappa shape index (κ1) is 15.6. The number of aromatic nitrogens is 3. The van der Waals surface area contributed by atoms with Gasteiger partial charge in [0.25, 0.3) is 0 Å². The molecule has 0 bridgehead atoms. The van der Waals surface area contributed by atoms with E-state index in [0.29, 0.717) is 0 Å². The van der Waals surface area contributed by atoms with Crippen LogP contribution in [0.1, 0.15) is 22.5 Å². The lowest BCUT2D eigenvalue weighted by molar-refractivity contribution is 1.11. The molecule has 0 unspecified atom stereocenters. The maximum Gasteiger partial charge on any atom is 0.0927 e. The Morgan fingerprint density at radius 1 is 0.920 bits per heavy atom. The Balaban J connectivity index is 1.64. The molecule has 4 heteroatoms. The Hall–Kier alpha value is -2.91. The molecule has 0 saturated heterocycles. The van der Waals surface area contributed by atoms with E-state index in [2.05, 4.69) is 33.4 Å². The van der Waals surface area contributed by atoms with Crippen LogP contribution in [0.15, 0.2) is 66.9 Å². The summed E-state index contributed by atoms with van der Waals surface area (Å²) < 4.78 is 0. The molecule has 2 heterocycles. The lowest BCUT2D eigenvalue weighted by Gasteiger charge is -2.03. The first-order valence-electron chi connectivity index (χ1n) is 8.08. The van der Waals surface area contributed by atoms with E-state index in [1.807, 2.05) is 54.6 Å². The highest BCUT2D eigenvalue weighted by Crippen LogP contribution is 2.22. The van der Waals surface area contributed by atoms with Crippen LogP contribution in [0.5, 0.6) is 0 Å². The van der Waals surface area contributed by atoms with Gasteiger partial charge in [0.15, 0.2) is 0 Å². The molecule has 2 aromatic carbocycles. The minimum absolute atomic E-state index is 0.765. The lowest BCUT2D eigenvalue weighted by Crippen LogP contribution is -1.88. The van der Waals surface area contributed by atoms with Crippen molar-refractivity contribution in [3.63, 3.8) is 0 Å². The second-order valence-electron chi connectivity index (χ2n) is 5.88. The molecule has 4 rings (SSSR count). The minimum atomic E-state index is 0.765. The van der Waals surface area contributed by atoms with Crippen molar-refractivity contribution in [2.75, 3.05) is 0 Å². The quantitative estimate of drug-likeness (QED) is 0.540. The van der Waals surface area contributed by atoms with Gasteiger partial charge in [-0.3, -0.25) is 10.1 Å². The van der Waals surface area contributed by atoms with Crippen LogP contribution in [-0.2, 0) is 6.42 Å². The molecule has 0 amide bonds. The Kier molecular flexibility index (Phi) is 4.32. The predicted molar refractivity (Wildman–Crippen MR) is 104 cm³/mol. The highest BCUT2D eigenvalue weighted by atomic mass is 35.5. The van der Waals surface area contributed by atoms with Gasteiger partial charge >= 0.3 is 0 Å². The largest absolute Gasteiger partial charge is 0.277 e. The van der Waals surface area contributed by atoms with Crippen molar-refractivity contribution in [3.05, 3.63) is 94.4 Å². The number of halogens is 1. The van der Waals surface area contributed by atoms with E-state index in [-0.39, 0.29) is 0 Å². The summed E-state index contributed by atoms with van der Waals surface area (Å²) in [6.45, 7) is 0. The molecule has 0 aliphatic heterocycles. The Bertz CT molecular complexity index is 1040. The molecule has 2 aromatic heterocycles. The summed E-state index contributed by atoms with van der Waals surface area (Å²) in [5.41, 5.74) is 5.27. The van der Waals surface area contributed by atoms with Crippen molar-refractivity contribution in [1.82, 2.24) is 15.2 Å². The second kappa shape index (κ2) is 6.91. The van der Waals surface area contributed by atoms with E-state index < -0.39 is 0 Å². The van der Waals surface area contributed by atoms with Crippen LogP contribution in [0.4, 0.5) is 0 Å². The number of nitrogens with one attached hydrogen (secondary N) is 1. The van der Waals surface area contributed by atoms with Crippen molar-refractivity contribution in [2.24, 2.45) is 0 Å². The number of rotatable bonds is 4. The van der Waals surface area contributed by atoms with E-state index in [4.69, 9.17) is 11.6 Å². The molecular formula is C21H16ClN3. The van der Waals surface area contributed by atoms with Crippen LogP contribution in [0.3, 0.4) is 0 Å². The number of nitrogens with zero attached hydrogens (tertiary/aromatic N) is 2. The Labute approximate surface area is 151 Å². The zero-order valence-electron chi connectivity index (χ0n) is 13.5. The molecule has 0 atom stereocenters. The zero-order chi connectivity index (χ0) is 17.1. The third kappa shape index (κ3) is 3.62. The van der Waals surface area contributed by atoms with Gasteiger partial charge in [0.1, 0.15) is 0 Å². The number of aromatic amines is 1. The van der Waals surface area contributed by atoms with Crippen LogP contribution in [0.25, 0.3) is 23.1 Å². The molecule has 1 N–H and O–H groups in total. The molecule has 0 aliphatic rings. The number of benzene rings is 2. The van der Waals surface area contributed by atoms with Crippen molar-refractivity contribution in [3.8, 4) is 0 Å². The summed E-state index contributed by atoms with van der Waals surface area (Å²) in [4.78, 5) is 4.31. The predicted octanol–water partition coefficient (Wildman–Crippen LogP) is 5.37. The van der Waals surface area contributed by atoms with Gasteiger partial charge < -0.3 is 0 Å². The van der Waals surface area contributed by atoms with Gasteiger partial charge in [-0.1, -0.05) is 35.9 Å². The number of hydrogen-bond acceptors (Lipinski definition) is 2. The number of H-pyrrole nitrogens is 1. The van der Waals surface area contributed by atoms with Crippen LogP contribution >= 0.6 is 11.6 Å². The minimum Gasteiger partial charge on any atom is -0.277 e. The lowest BCUT2D eigenvalue weighted by atomic mass is 10.0. The van der Waals surface area contributed by atoms with Gasteiger partial charge in [-0.25, -0.2) is 0 Å². The van der Waals surface area contributed by atoms with Crippen molar-refractivity contribution in [2.45, 2.75) is 6.42 Å². The van der Waals surface area contributed by atoms with Gasteiger partial charge in [-0.15, -0.1) is 0 Å². The van der Waals surface area contributed by atoms with Crippen LogP contribution in [0, 0.1) is 0 Å². The fraction of sp³-hybridized carbons (Fsp3) is 0.0476. The molecule has 0 aliphatic carbocycles. The molecule has 25 heavy (non-hydrogen) atoms. The number of hydrogen-bond donors (Lipinski definition) is 1. The van der Waals surface area contributed by atoms with Gasteiger partial charge in [0.2, 0.25) is 0 Å². The smallest absolute Gasteiger partial charge is 0.0927 e.